The third-order valence-corrected chi connectivity index (χ3v) is 5.97. The van der Waals surface area contributed by atoms with E-state index in [1.807, 2.05) is 6.07 Å². The van der Waals surface area contributed by atoms with Gasteiger partial charge in [-0.1, -0.05) is 6.07 Å². The lowest BCUT2D eigenvalue weighted by Crippen LogP contribution is -2.32. The van der Waals surface area contributed by atoms with Gasteiger partial charge in [-0.15, -0.1) is 11.3 Å². The molecule has 0 unspecified atom stereocenters. The minimum absolute atomic E-state index is 0.368. The van der Waals surface area contributed by atoms with E-state index in [0.717, 1.165) is 69.7 Å². The van der Waals surface area contributed by atoms with Crippen molar-refractivity contribution in [2.45, 2.75) is 32.2 Å². The van der Waals surface area contributed by atoms with Crippen LogP contribution in [0.2, 0.25) is 0 Å². The van der Waals surface area contributed by atoms with Gasteiger partial charge in [-0.05, 0) is 48.8 Å². The molecular formula is C19H23N3O2S. The molecule has 1 N–H and O–H groups in total. The van der Waals surface area contributed by atoms with Gasteiger partial charge in [0, 0.05) is 43.3 Å². The van der Waals surface area contributed by atoms with Crippen molar-refractivity contribution in [3.8, 4) is 0 Å². The summed E-state index contributed by atoms with van der Waals surface area (Å²) in [6.45, 7) is 4.66. The zero-order valence-electron chi connectivity index (χ0n) is 14.3. The minimum Gasteiger partial charge on any atom is -0.478 e. The highest BCUT2D eigenvalue weighted by Crippen LogP contribution is 2.28. The lowest BCUT2D eigenvalue weighted by molar-refractivity contribution is 0.0697. The number of thiophene rings is 1. The Labute approximate surface area is 151 Å². The van der Waals surface area contributed by atoms with Gasteiger partial charge in [-0.25, -0.2) is 9.78 Å². The van der Waals surface area contributed by atoms with Gasteiger partial charge in [0.2, 0.25) is 0 Å². The van der Waals surface area contributed by atoms with Gasteiger partial charge in [0.05, 0.1) is 0 Å². The van der Waals surface area contributed by atoms with Gasteiger partial charge in [0.1, 0.15) is 11.4 Å². The number of carboxylic acids is 1. The summed E-state index contributed by atoms with van der Waals surface area (Å²) in [7, 11) is 0. The minimum atomic E-state index is -0.864. The van der Waals surface area contributed by atoms with Crippen molar-refractivity contribution >= 4 is 23.1 Å². The molecule has 2 aromatic rings. The number of carbonyl (C=O) groups is 1. The van der Waals surface area contributed by atoms with E-state index in [9.17, 15) is 9.90 Å². The van der Waals surface area contributed by atoms with Gasteiger partial charge in [0.15, 0.2) is 0 Å². The number of anilines is 1. The predicted octanol–water partition coefficient (Wildman–Crippen LogP) is 3.04. The molecule has 1 fully saturated rings. The maximum Gasteiger partial charge on any atom is 0.339 e. The summed E-state index contributed by atoms with van der Waals surface area (Å²) in [6, 6.07) is 6.14. The van der Waals surface area contributed by atoms with Crippen LogP contribution in [0.25, 0.3) is 0 Å². The van der Waals surface area contributed by atoms with Gasteiger partial charge < -0.3 is 10.0 Å². The standard InChI is InChI=1S/C19H23N3O2S/c23-19(24)16-12-14-4-1-6-17(14)20-18(16)22-8-3-7-21(9-10-22)13-15-5-2-11-25-15/h2,5,11-12H,1,3-4,6-10,13H2,(H,23,24). The zero-order valence-corrected chi connectivity index (χ0v) is 15.1. The number of aromatic carboxylic acids is 1. The Hall–Kier alpha value is -1.92. The monoisotopic (exact) mass is 357 g/mol. The zero-order chi connectivity index (χ0) is 17.2. The highest BCUT2D eigenvalue weighted by molar-refractivity contribution is 7.09. The maximum absolute atomic E-state index is 11.8. The third kappa shape index (κ3) is 3.55. The van der Waals surface area contributed by atoms with Crippen LogP contribution in [0.3, 0.4) is 0 Å². The summed E-state index contributed by atoms with van der Waals surface area (Å²) in [6.07, 6.45) is 4.04. The van der Waals surface area contributed by atoms with Crippen molar-refractivity contribution in [3.63, 3.8) is 0 Å². The molecule has 4 rings (SSSR count). The Morgan fingerprint density at radius 2 is 2.12 bits per heavy atom. The Morgan fingerprint density at radius 3 is 2.92 bits per heavy atom. The first-order chi connectivity index (χ1) is 12.2. The van der Waals surface area contributed by atoms with Gasteiger partial charge >= 0.3 is 5.97 Å². The van der Waals surface area contributed by atoms with Crippen LogP contribution < -0.4 is 4.90 Å². The third-order valence-electron chi connectivity index (χ3n) is 5.11. The number of carboxylic acid groups (broad SMARTS) is 1. The normalized spacial score (nSPS) is 18.2. The number of nitrogens with zero attached hydrogens (tertiary/aromatic N) is 3. The second kappa shape index (κ2) is 7.14. The summed E-state index contributed by atoms with van der Waals surface area (Å²) in [5.41, 5.74) is 2.59. The van der Waals surface area contributed by atoms with Crippen molar-refractivity contribution < 1.29 is 9.90 Å². The Balaban J connectivity index is 1.53. The van der Waals surface area contributed by atoms with E-state index in [1.165, 1.54) is 4.88 Å². The second-order valence-electron chi connectivity index (χ2n) is 6.82. The first-order valence-electron chi connectivity index (χ1n) is 8.96. The molecule has 2 aromatic heterocycles. The van der Waals surface area contributed by atoms with E-state index in [2.05, 4.69) is 27.3 Å². The maximum atomic E-state index is 11.8. The van der Waals surface area contributed by atoms with Crippen molar-refractivity contribution in [1.29, 1.82) is 0 Å². The summed E-state index contributed by atoms with van der Waals surface area (Å²) < 4.78 is 0. The molecule has 0 saturated carbocycles. The molecule has 0 amide bonds. The van der Waals surface area contributed by atoms with Gasteiger partial charge in [0.25, 0.3) is 0 Å². The number of hydrogen-bond acceptors (Lipinski definition) is 5. The molecule has 132 valence electrons. The van der Waals surface area contributed by atoms with Crippen LogP contribution in [0.5, 0.6) is 0 Å². The molecule has 1 saturated heterocycles. The number of pyridine rings is 1. The number of aryl methyl sites for hydroxylation is 2. The number of fused-ring (bicyclic) bond motifs is 1. The molecule has 3 heterocycles. The van der Waals surface area contributed by atoms with Crippen LogP contribution in [0.1, 0.15) is 39.3 Å². The molecule has 1 aliphatic carbocycles. The highest BCUT2D eigenvalue weighted by Gasteiger charge is 2.25. The van der Waals surface area contributed by atoms with E-state index in [4.69, 9.17) is 4.98 Å². The molecule has 0 radical (unpaired) electrons. The molecule has 0 aromatic carbocycles. The van der Waals surface area contributed by atoms with Crippen LogP contribution in [0.15, 0.2) is 23.6 Å². The Morgan fingerprint density at radius 1 is 1.20 bits per heavy atom. The molecule has 25 heavy (non-hydrogen) atoms. The number of hydrogen-bond donors (Lipinski definition) is 1. The lowest BCUT2D eigenvalue weighted by Gasteiger charge is -2.24. The Kier molecular flexibility index (Phi) is 4.72. The van der Waals surface area contributed by atoms with Gasteiger partial charge in [-0.3, -0.25) is 4.90 Å². The van der Waals surface area contributed by atoms with Crippen molar-refractivity contribution in [3.05, 3.63) is 45.3 Å². The summed E-state index contributed by atoms with van der Waals surface area (Å²) >= 11 is 1.80. The fraction of sp³-hybridized carbons (Fsp3) is 0.474. The largest absolute Gasteiger partial charge is 0.478 e. The average molecular weight is 357 g/mol. The molecule has 0 spiro atoms. The van der Waals surface area contributed by atoms with Crippen LogP contribution in [-0.2, 0) is 19.4 Å². The van der Waals surface area contributed by atoms with E-state index in [-0.39, 0.29) is 0 Å². The molecule has 0 atom stereocenters. The SMILES string of the molecule is O=C(O)c1cc2c(nc1N1CCCN(Cc3cccs3)CC1)CCC2. The lowest BCUT2D eigenvalue weighted by atomic mass is 10.1. The van der Waals surface area contributed by atoms with Crippen molar-refractivity contribution in [1.82, 2.24) is 9.88 Å². The van der Waals surface area contributed by atoms with E-state index >= 15 is 0 Å². The second-order valence-corrected chi connectivity index (χ2v) is 7.85. The summed E-state index contributed by atoms with van der Waals surface area (Å²) in [5.74, 6) is -0.192. The van der Waals surface area contributed by atoms with E-state index in [0.29, 0.717) is 11.4 Å². The number of aromatic nitrogens is 1. The average Bonchev–Trinajstić information content (AvgIpc) is 3.22. The van der Waals surface area contributed by atoms with E-state index in [1.54, 1.807) is 11.3 Å². The van der Waals surface area contributed by atoms with Crippen LogP contribution >= 0.6 is 11.3 Å². The van der Waals surface area contributed by atoms with Crippen LogP contribution in [0.4, 0.5) is 5.82 Å². The molecular weight excluding hydrogens is 334 g/mol. The summed E-state index contributed by atoms with van der Waals surface area (Å²) in [5, 5.41) is 11.8. The smallest absolute Gasteiger partial charge is 0.339 e. The Bertz CT molecular complexity index is 760. The molecule has 0 bridgehead atoms. The molecule has 1 aliphatic heterocycles. The van der Waals surface area contributed by atoms with Crippen LogP contribution in [0, 0.1) is 0 Å². The van der Waals surface area contributed by atoms with Gasteiger partial charge in [-0.2, -0.15) is 0 Å². The fourth-order valence-electron chi connectivity index (χ4n) is 3.82. The van der Waals surface area contributed by atoms with Crippen molar-refractivity contribution in [2.24, 2.45) is 0 Å². The predicted molar refractivity (Wildman–Crippen MR) is 99.6 cm³/mol. The molecule has 5 nitrogen and oxygen atoms in total. The van der Waals surface area contributed by atoms with Crippen LogP contribution in [-0.4, -0.2) is 47.1 Å². The topological polar surface area (TPSA) is 56.7 Å². The highest BCUT2D eigenvalue weighted by atomic mass is 32.1. The number of rotatable bonds is 4. The molecule has 2 aliphatic rings. The van der Waals surface area contributed by atoms with Crippen molar-refractivity contribution in [2.75, 3.05) is 31.1 Å². The quantitative estimate of drug-likeness (QED) is 0.911. The fourth-order valence-corrected chi connectivity index (χ4v) is 4.57. The first kappa shape index (κ1) is 16.5. The molecule has 6 heteroatoms. The summed E-state index contributed by atoms with van der Waals surface area (Å²) in [4.78, 5) is 22.5. The first-order valence-corrected chi connectivity index (χ1v) is 9.84. The van der Waals surface area contributed by atoms with E-state index < -0.39 is 5.97 Å².